The van der Waals surface area contributed by atoms with E-state index in [-0.39, 0.29) is 17.2 Å². The third-order valence-corrected chi connectivity index (χ3v) is 3.37. The van der Waals surface area contributed by atoms with Gasteiger partial charge in [0.1, 0.15) is 5.75 Å². The highest BCUT2D eigenvalue weighted by Gasteiger charge is 2.20. The number of para-hydroxylation sites is 1. The van der Waals surface area contributed by atoms with E-state index in [0.717, 1.165) is 0 Å². The molecule has 110 valence electrons. The Morgan fingerprint density at radius 3 is 2.71 bits per heavy atom. The third kappa shape index (κ3) is 3.30. The normalized spacial score (nSPS) is 10.2. The zero-order chi connectivity index (χ0) is 15.4. The van der Waals surface area contributed by atoms with Crippen LogP contribution in [0.25, 0.3) is 0 Å². The van der Waals surface area contributed by atoms with Gasteiger partial charge in [0.05, 0.1) is 18.1 Å². The van der Waals surface area contributed by atoms with Crippen LogP contribution in [0.1, 0.15) is 5.56 Å². The first-order chi connectivity index (χ1) is 10.1. The molecule has 0 aliphatic carbocycles. The molecule has 0 fully saturated rings. The topological polar surface area (TPSA) is 61.6 Å². The van der Waals surface area contributed by atoms with Gasteiger partial charge in [-0.25, -0.2) is 4.39 Å². The van der Waals surface area contributed by atoms with Crippen LogP contribution in [0, 0.1) is 15.9 Å². The van der Waals surface area contributed by atoms with Crippen molar-refractivity contribution in [2.45, 2.75) is 5.33 Å². The third-order valence-electron chi connectivity index (χ3n) is 2.77. The molecule has 0 saturated carbocycles. The predicted octanol–water partition coefficient (Wildman–Crippen LogP) is 4.43. The van der Waals surface area contributed by atoms with Crippen LogP contribution in [0.5, 0.6) is 17.2 Å². The predicted molar refractivity (Wildman–Crippen MR) is 78.8 cm³/mol. The van der Waals surface area contributed by atoms with E-state index in [9.17, 15) is 14.5 Å². The maximum atomic E-state index is 13.9. The zero-order valence-electron chi connectivity index (χ0n) is 11.0. The number of nitro groups is 1. The number of hydrogen-bond donors (Lipinski definition) is 0. The summed E-state index contributed by atoms with van der Waals surface area (Å²) in [5, 5.41) is 11.5. The van der Waals surface area contributed by atoms with Gasteiger partial charge in [0.2, 0.25) is 5.75 Å². The van der Waals surface area contributed by atoms with Crippen molar-refractivity contribution in [3.63, 3.8) is 0 Å². The van der Waals surface area contributed by atoms with E-state index >= 15 is 0 Å². The molecule has 0 atom stereocenters. The van der Waals surface area contributed by atoms with Crippen molar-refractivity contribution in [3.8, 4) is 17.2 Å². The van der Waals surface area contributed by atoms with Gasteiger partial charge < -0.3 is 9.47 Å². The molecule has 0 heterocycles. The van der Waals surface area contributed by atoms with Crippen molar-refractivity contribution >= 4 is 21.6 Å². The minimum absolute atomic E-state index is 0.0392. The number of nitro benzene ring substituents is 1. The van der Waals surface area contributed by atoms with Gasteiger partial charge in [0.15, 0.2) is 11.6 Å². The monoisotopic (exact) mass is 355 g/mol. The molecule has 21 heavy (non-hydrogen) atoms. The van der Waals surface area contributed by atoms with Gasteiger partial charge in [0.25, 0.3) is 0 Å². The molecule has 0 aliphatic heterocycles. The summed E-state index contributed by atoms with van der Waals surface area (Å²) in [6.45, 7) is 0. The maximum absolute atomic E-state index is 13.9. The average molecular weight is 356 g/mol. The van der Waals surface area contributed by atoms with E-state index in [1.807, 2.05) is 0 Å². The van der Waals surface area contributed by atoms with E-state index in [1.54, 1.807) is 12.1 Å². The molecule has 7 heteroatoms. The second kappa shape index (κ2) is 6.53. The Bertz CT molecular complexity index is 678. The summed E-state index contributed by atoms with van der Waals surface area (Å²) in [6.07, 6.45) is 0. The lowest BCUT2D eigenvalue weighted by atomic mass is 10.2. The number of benzene rings is 2. The summed E-state index contributed by atoms with van der Waals surface area (Å²) in [7, 11) is 1.40. The van der Waals surface area contributed by atoms with Crippen molar-refractivity contribution in [2.75, 3.05) is 7.11 Å². The number of ether oxygens (including phenoxy) is 2. The minimum atomic E-state index is -0.605. The fourth-order valence-corrected chi connectivity index (χ4v) is 2.18. The van der Waals surface area contributed by atoms with Crippen molar-refractivity contribution in [1.82, 2.24) is 0 Å². The number of rotatable bonds is 5. The van der Waals surface area contributed by atoms with Crippen LogP contribution < -0.4 is 9.47 Å². The molecule has 0 aromatic heterocycles. The van der Waals surface area contributed by atoms with Crippen LogP contribution in [0.3, 0.4) is 0 Å². The summed E-state index contributed by atoms with van der Waals surface area (Å²) in [4.78, 5) is 10.5. The molecule has 0 unspecified atom stereocenters. The summed E-state index contributed by atoms with van der Waals surface area (Å²) in [5.41, 5.74) is 0.262. The van der Waals surface area contributed by atoms with Gasteiger partial charge in [-0.1, -0.05) is 28.1 Å². The molecule has 0 radical (unpaired) electrons. The lowest BCUT2D eigenvalue weighted by molar-refractivity contribution is -0.385. The molecule has 0 aliphatic rings. The number of halogens is 2. The Kier molecular flexibility index (Phi) is 4.74. The zero-order valence-corrected chi connectivity index (χ0v) is 12.6. The van der Waals surface area contributed by atoms with E-state index in [4.69, 9.17) is 9.47 Å². The lowest BCUT2D eigenvalue weighted by Crippen LogP contribution is -1.98. The van der Waals surface area contributed by atoms with Crippen LogP contribution in [-0.4, -0.2) is 12.0 Å². The van der Waals surface area contributed by atoms with Crippen molar-refractivity contribution in [1.29, 1.82) is 0 Å². The number of hydrogen-bond acceptors (Lipinski definition) is 4. The molecule has 2 aromatic rings. The minimum Gasteiger partial charge on any atom is -0.496 e. The van der Waals surface area contributed by atoms with Gasteiger partial charge in [-0.3, -0.25) is 10.1 Å². The van der Waals surface area contributed by atoms with Crippen LogP contribution in [0.4, 0.5) is 10.1 Å². The fourth-order valence-electron chi connectivity index (χ4n) is 1.74. The molecule has 0 amide bonds. The molecule has 0 bridgehead atoms. The highest BCUT2D eigenvalue weighted by Crippen LogP contribution is 2.37. The Morgan fingerprint density at radius 1 is 1.33 bits per heavy atom. The second-order valence-corrected chi connectivity index (χ2v) is 4.62. The Balaban J connectivity index is 2.47. The summed E-state index contributed by atoms with van der Waals surface area (Å²) < 4.78 is 24.2. The van der Waals surface area contributed by atoms with Crippen molar-refractivity contribution in [3.05, 3.63) is 57.9 Å². The van der Waals surface area contributed by atoms with Crippen LogP contribution in [0.15, 0.2) is 36.4 Å². The van der Waals surface area contributed by atoms with E-state index < -0.39 is 10.7 Å². The number of methoxy groups -OCH3 is 1. The first-order valence-electron chi connectivity index (χ1n) is 5.90. The summed E-state index contributed by atoms with van der Waals surface area (Å²) in [6, 6.07) is 8.56. The Morgan fingerprint density at radius 2 is 2.10 bits per heavy atom. The van der Waals surface area contributed by atoms with Gasteiger partial charge in [-0.2, -0.15) is 0 Å². The molecule has 2 aromatic carbocycles. The first-order valence-corrected chi connectivity index (χ1v) is 7.02. The smallest absolute Gasteiger partial charge is 0.315 e. The molecular weight excluding hydrogens is 345 g/mol. The summed E-state index contributed by atoms with van der Waals surface area (Å²) >= 11 is 3.23. The molecule has 0 saturated heterocycles. The number of nitrogens with zero attached hydrogens (tertiary/aromatic N) is 1. The van der Waals surface area contributed by atoms with E-state index in [0.29, 0.717) is 16.6 Å². The van der Waals surface area contributed by atoms with Gasteiger partial charge in [0, 0.05) is 10.9 Å². The maximum Gasteiger partial charge on any atom is 0.315 e. The quantitative estimate of drug-likeness (QED) is 0.452. The average Bonchev–Trinajstić information content (AvgIpc) is 2.49. The molecular formula is C14H11BrFNO4. The molecule has 0 N–H and O–H groups in total. The van der Waals surface area contributed by atoms with Crippen LogP contribution in [-0.2, 0) is 5.33 Å². The largest absolute Gasteiger partial charge is 0.496 e. The van der Waals surface area contributed by atoms with Crippen molar-refractivity contribution < 1.29 is 18.8 Å². The highest BCUT2D eigenvalue weighted by atomic mass is 79.9. The molecule has 0 spiro atoms. The standard InChI is InChI=1S/C14H11BrFNO4/c1-20-10-5-6-13(12(7-10)17(18)19)21-14-9(8-15)3-2-4-11(14)16/h2-7H,8H2,1H3. The second-order valence-electron chi connectivity index (χ2n) is 4.05. The van der Waals surface area contributed by atoms with Gasteiger partial charge in [-0.15, -0.1) is 0 Å². The first kappa shape index (κ1) is 15.2. The van der Waals surface area contributed by atoms with Crippen molar-refractivity contribution in [2.24, 2.45) is 0 Å². The molecule has 2 rings (SSSR count). The van der Waals surface area contributed by atoms with E-state index in [1.165, 1.54) is 31.4 Å². The Labute approximate surface area is 128 Å². The highest BCUT2D eigenvalue weighted by molar-refractivity contribution is 9.08. The summed E-state index contributed by atoms with van der Waals surface area (Å²) in [5.74, 6) is -0.351. The number of alkyl halides is 1. The van der Waals surface area contributed by atoms with Crippen LogP contribution in [0.2, 0.25) is 0 Å². The van der Waals surface area contributed by atoms with Gasteiger partial charge in [-0.05, 0) is 18.2 Å². The lowest BCUT2D eigenvalue weighted by Gasteiger charge is -2.11. The van der Waals surface area contributed by atoms with E-state index in [2.05, 4.69) is 15.9 Å². The molecule has 5 nitrogen and oxygen atoms in total. The van der Waals surface area contributed by atoms with Gasteiger partial charge >= 0.3 is 5.69 Å². The fraction of sp³-hybridized carbons (Fsp3) is 0.143. The SMILES string of the molecule is COc1ccc(Oc2c(F)cccc2CBr)c([N+](=O)[O-])c1. The van der Waals surface area contributed by atoms with Crippen LogP contribution >= 0.6 is 15.9 Å². The Hall–Kier alpha value is -2.15.